The molecule has 0 heterocycles. The van der Waals surface area contributed by atoms with Crippen molar-refractivity contribution in [2.75, 3.05) is 31.4 Å². The molecule has 0 saturated carbocycles. The number of anilines is 2. The second kappa shape index (κ2) is 10.2. The molecule has 0 radical (unpaired) electrons. The normalized spacial score (nSPS) is 10.9. The molecule has 174 valence electrons. The monoisotopic (exact) mass is 510 g/mol. The number of amides is 1. The Morgan fingerprint density at radius 1 is 0.788 bits per heavy atom. The van der Waals surface area contributed by atoms with E-state index in [9.17, 15) is 13.2 Å². The summed E-state index contributed by atoms with van der Waals surface area (Å²) in [5, 5.41) is 3.29. The van der Waals surface area contributed by atoms with Gasteiger partial charge in [-0.25, -0.2) is 8.42 Å². The van der Waals surface area contributed by atoms with Crippen LogP contribution in [0.4, 0.5) is 11.4 Å². The minimum atomic E-state index is -3.90. The van der Waals surface area contributed by atoms with E-state index in [4.69, 9.17) is 37.4 Å². The standard InChI is InChI=1S/C22H20Cl2N2O6S/c1-30-19-8-13(9-20(31-2)21(19)32-3)22(27)25-16-4-6-18(7-5-16)33(28,29)26-17-11-14(23)10-15(24)12-17/h4-12,26H,1-3H3,(H,25,27). The number of carbonyl (C=O) groups is 1. The average molecular weight is 511 g/mol. The predicted octanol–water partition coefficient (Wildman–Crippen LogP) is 5.07. The Hall–Kier alpha value is -3.14. The molecule has 0 aliphatic heterocycles. The summed E-state index contributed by atoms with van der Waals surface area (Å²) in [5.74, 6) is 0.572. The Morgan fingerprint density at radius 2 is 1.33 bits per heavy atom. The highest BCUT2D eigenvalue weighted by molar-refractivity contribution is 7.92. The molecule has 1 amide bonds. The largest absolute Gasteiger partial charge is 0.493 e. The Bertz CT molecular complexity index is 1240. The molecule has 0 unspecified atom stereocenters. The molecule has 0 saturated heterocycles. The van der Waals surface area contributed by atoms with E-state index >= 15 is 0 Å². The molecule has 0 fully saturated rings. The van der Waals surface area contributed by atoms with Gasteiger partial charge in [0, 0.05) is 21.3 Å². The van der Waals surface area contributed by atoms with Crippen LogP contribution in [0.5, 0.6) is 17.2 Å². The fraction of sp³-hybridized carbons (Fsp3) is 0.136. The van der Waals surface area contributed by atoms with Crippen LogP contribution < -0.4 is 24.2 Å². The van der Waals surface area contributed by atoms with Crippen LogP contribution in [0, 0.1) is 0 Å². The Balaban J connectivity index is 1.78. The van der Waals surface area contributed by atoms with E-state index in [1.807, 2.05) is 0 Å². The number of benzene rings is 3. The first kappa shape index (κ1) is 24.5. The number of rotatable bonds is 8. The summed E-state index contributed by atoms with van der Waals surface area (Å²) < 4.78 is 43.5. The van der Waals surface area contributed by atoms with Crippen molar-refractivity contribution in [2.24, 2.45) is 0 Å². The maximum Gasteiger partial charge on any atom is 0.261 e. The van der Waals surface area contributed by atoms with E-state index in [0.717, 1.165) is 0 Å². The highest BCUT2D eigenvalue weighted by atomic mass is 35.5. The number of halogens is 2. The van der Waals surface area contributed by atoms with Crippen molar-refractivity contribution in [3.8, 4) is 17.2 Å². The fourth-order valence-electron chi connectivity index (χ4n) is 2.96. The van der Waals surface area contributed by atoms with Gasteiger partial charge in [-0.3, -0.25) is 9.52 Å². The van der Waals surface area contributed by atoms with Crippen LogP contribution in [0.2, 0.25) is 10.0 Å². The fourth-order valence-corrected chi connectivity index (χ4v) is 4.53. The summed E-state index contributed by atoms with van der Waals surface area (Å²) in [6.07, 6.45) is 0. The van der Waals surface area contributed by atoms with Gasteiger partial charge in [-0.15, -0.1) is 0 Å². The van der Waals surface area contributed by atoms with E-state index < -0.39 is 15.9 Å². The third-order valence-corrected chi connectivity index (χ3v) is 6.30. The molecule has 3 aromatic rings. The Labute approximate surface area is 201 Å². The van der Waals surface area contributed by atoms with E-state index in [0.29, 0.717) is 33.0 Å². The number of hydrogen-bond acceptors (Lipinski definition) is 6. The first-order valence-corrected chi connectivity index (χ1v) is 11.6. The van der Waals surface area contributed by atoms with Crippen LogP contribution in [0.1, 0.15) is 10.4 Å². The molecule has 3 aromatic carbocycles. The number of sulfonamides is 1. The SMILES string of the molecule is COc1cc(C(=O)Nc2ccc(S(=O)(=O)Nc3cc(Cl)cc(Cl)c3)cc2)cc(OC)c1OC. The van der Waals surface area contributed by atoms with Gasteiger partial charge in [-0.1, -0.05) is 23.2 Å². The minimum Gasteiger partial charge on any atom is -0.493 e. The number of hydrogen-bond donors (Lipinski definition) is 2. The number of ether oxygens (including phenoxy) is 3. The number of nitrogens with one attached hydrogen (secondary N) is 2. The molecule has 8 nitrogen and oxygen atoms in total. The lowest BCUT2D eigenvalue weighted by molar-refractivity contribution is 0.102. The van der Waals surface area contributed by atoms with Gasteiger partial charge in [0.2, 0.25) is 5.75 Å². The van der Waals surface area contributed by atoms with Crippen LogP contribution in [0.25, 0.3) is 0 Å². The van der Waals surface area contributed by atoms with Gasteiger partial charge in [0.25, 0.3) is 15.9 Å². The quantitative estimate of drug-likeness (QED) is 0.438. The van der Waals surface area contributed by atoms with Crippen molar-refractivity contribution in [1.82, 2.24) is 0 Å². The Morgan fingerprint density at radius 3 is 1.82 bits per heavy atom. The predicted molar refractivity (Wildman–Crippen MR) is 128 cm³/mol. The Kier molecular flexibility index (Phi) is 7.57. The van der Waals surface area contributed by atoms with Gasteiger partial charge in [-0.2, -0.15) is 0 Å². The second-order valence-electron chi connectivity index (χ2n) is 6.66. The van der Waals surface area contributed by atoms with Gasteiger partial charge in [0.1, 0.15) is 0 Å². The second-order valence-corrected chi connectivity index (χ2v) is 9.21. The summed E-state index contributed by atoms with van der Waals surface area (Å²) in [5.41, 5.74) is 0.881. The average Bonchev–Trinajstić information content (AvgIpc) is 2.77. The highest BCUT2D eigenvalue weighted by Crippen LogP contribution is 2.38. The van der Waals surface area contributed by atoms with Gasteiger partial charge in [-0.05, 0) is 54.6 Å². The first-order chi connectivity index (χ1) is 15.7. The lowest BCUT2D eigenvalue weighted by Crippen LogP contribution is -2.14. The molecule has 2 N–H and O–H groups in total. The summed E-state index contributed by atoms with van der Waals surface area (Å²) in [4.78, 5) is 12.7. The molecule has 0 atom stereocenters. The molecule has 0 aliphatic rings. The van der Waals surface area contributed by atoms with Gasteiger partial charge < -0.3 is 19.5 Å². The van der Waals surface area contributed by atoms with Crippen molar-refractivity contribution in [3.63, 3.8) is 0 Å². The molecule has 3 rings (SSSR count). The van der Waals surface area contributed by atoms with Crippen molar-refractivity contribution < 1.29 is 27.4 Å². The maximum atomic E-state index is 12.7. The van der Waals surface area contributed by atoms with Crippen LogP contribution in [-0.2, 0) is 10.0 Å². The van der Waals surface area contributed by atoms with Gasteiger partial charge in [0.05, 0.1) is 31.9 Å². The summed E-state index contributed by atoms with van der Waals surface area (Å²) >= 11 is 11.8. The van der Waals surface area contributed by atoms with Crippen molar-refractivity contribution in [3.05, 3.63) is 70.2 Å². The van der Waals surface area contributed by atoms with Gasteiger partial charge in [0.15, 0.2) is 11.5 Å². The molecule has 0 aliphatic carbocycles. The molecule has 11 heteroatoms. The zero-order valence-electron chi connectivity index (χ0n) is 17.8. The van der Waals surface area contributed by atoms with E-state index in [2.05, 4.69) is 10.0 Å². The maximum absolute atomic E-state index is 12.7. The van der Waals surface area contributed by atoms with E-state index in [1.165, 1.54) is 75.9 Å². The molecule has 0 spiro atoms. The zero-order chi connectivity index (χ0) is 24.2. The first-order valence-electron chi connectivity index (χ1n) is 9.37. The topological polar surface area (TPSA) is 103 Å². The summed E-state index contributed by atoms with van der Waals surface area (Å²) in [6.45, 7) is 0. The third kappa shape index (κ3) is 5.81. The van der Waals surface area contributed by atoms with Crippen LogP contribution in [0.15, 0.2) is 59.5 Å². The highest BCUT2D eigenvalue weighted by Gasteiger charge is 2.18. The van der Waals surface area contributed by atoms with Crippen LogP contribution >= 0.6 is 23.2 Å². The molecular formula is C22H20Cl2N2O6S. The van der Waals surface area contributed by atoms with Crippen molar-refractivity contribution in [1.29, 1.82) is 0 Å². The lowest BCUT2D eigenvalue weighted by Gasteiger charge is -2.14. The van der Waals surface area contributed by atoms with Crippen molar-refractivity contribution >= 4 is 50.5 Å². The molecule has 33 heavy (non-hydrogen) atoms. The lowest BCUT2D eigenvalue weighted by atomic mass is 10.1. The zero-order valence-corrected chi connectivity index (χ0v) is 20.1. The smallest absolute Gasteiger partial charge is 0.261 e. The van der Waals surface area contributed by atoms with E-state index in [1.54, 1.807) is 0 Å². The van der Waals surface area contributed by atoms with Crippen LogP contribution in [0.3, 0.4) is 0 Å². The third-order valence-electron chi connectivity index (χ3n) is 4.46. The molecule has 0 aromatic heterocycles. The minimum absolute atomic E-state index is 0.00983. The summed E-state index contributed by atoms with van der Waals surface area (Å²) in [6, 6.07) is 13.1. The molecular weight excluding hydrogens is 491 g/mol. The van der Waals surface area contributed by atoms with Crippen LogP contribution in [-0.4, -0.2) is 35.7 Å². The number of carbonyl (C=O) groups excluding carboxylic acids is 1. The number of methoxy groups -OCH3 is 3. The van der Waals surface area contributed by atoms with Crippen molar-refractivity contribution in [2.45, 2.75) is 4.90 Å². The van der Waals surface area contributed by atoms with Gasteiger partial charge >= 0.3 is 0 Å². The van der Waals surface area contributed by atoms with E-state index in [-0.39, 0.29) is 16.1 Å². The summed E-state index contributed by atoms with van der Waals surface area (Å²) in [7, 11) is 0.463. The molecule has 0 bridgehead atoms.